The van der Waals surface area contributed by atoms with Crippen LogP contribution in [0.25, 0.3) is 0 Å². The number of aryl methyl sites for hydroxylation is 1. The van der Waals surface area contributed by atoms with Crippen molar-refractivity contribution in [1.29, 1.82) is 0 Å². The molecule has 0 fully saturated rings. The van der Waals surface area contributed by atoms with Gasteiger partial charge in [-0.1, -0.05) is 18.2 Å². The number of nitrogens with one attached hydrogen (secondary N) is 1. The molecule has 2 rings (SSSR count). The van der Waals surface area contributed by atoms with Crippen molar-refractivity contribution in [3.05, 3.63) is 54.1 Å². The number of carbonyl (C=O) groups is 1. The van der Waals surface area contributed by atoms with Crippen LogP contribution in [0.3, 0.4) is 0 Å². The number of anilines is 1. The van der Waals surface area contributed by atoms with E-state index in [1.54, 1.807) is 6.20 Å². The molecule has 0 aliphatic heterocycles. The monoisotopic (exact) mass is 284 g/mol. The molecule has 5 heteroatoms. The molecule has 0 saturated carbocycles. The molecule has 1 atom stereocenters. The van der Waals surface area contributed by atoms with E-state index in [9.17, 15) is 4.79 Å². The van der Waals surface area contributed by atoms with Crippen molar-refractivity contribution in [2.75, 3.05) is 18.5 Å². The molecule has 110 valence electrons. The van der Waals surface area contributed by atoms with E-state index in [2.05, 4.69) is 27.1 Å². The van der Waals surface area contributed by atoms with Gasteiger partial charge in [-0.15, -0.1) is 0 Å². The van der Waals surface area contributed by atoms with Crippen molar-refractivity contribution in [2.45, 2.75) is 19.9 Å². The summed E-state index contributed by atoms with van der Waals surface area (Å²) in [6.07, 6.45) is 3.09. The zero-order chi connectivity index (χ0) is 15.2. The van der Waals surface area contributed by atoms with Crippen LogP contribution in [-0.4, -0.2) is 35.5 Å². The lowest BCUT2D eigenvalue weighted by Gasteiger charge is -2.27. The van der Waals surface area contributed by atoms with E-state index in [0.717, 1.165) is 11.4 Å². The largest absolute Gasteiger partial charge is 0.370 e. The third kappa shape index (κ3) is 4.02. The SMILES string of the molecule is Cc1cnc(C(=O)NCC(C)N(C)c2ccccc2)cn1. The molecule has 0 spiro atoms. The Morgan fingerprint density at radius 1 is 1.24 bits per heavy atom. The quantitative estimate of drug-likeness (QED) is 0.913. The highest BCUT2D eigenvalue weighted by atomic mass is 16.1. The predicted molar refractivity (Wildman–Crippen MR) is 83.4 cm³/mol. The van der Waals surface area contributed by atoms with Gasteiger partial charge in [-0.05, 0) is 26.0 Å². The number of amides is 1. The van der Waals surface area contributed by atoms with Gasteiger partial charge in [0.25, 0.3) is 5.91 Å². The summed E-state index contributed by atoms with van der Waals surface area (Å²) in [7, 11) is 2.01. The molecular weight excluding hydrogens is 264 g/mol. The first-order valence-electron chi connectivity index (χ1n) is 6.92. The first-order chi connectivity index (χ1) is 10.1. The van der Waals surface area contributed by atoms with Gasteiger partial charge in [0.2, 0.25) is 0 Å². The fourth-order valence-electron chi connectivity index (χ4n) is 1.90. The van der Waals surface area contributed by atoms with E-state index in [1.807, 2.05) is 44.3 Å². The number of nitrogens with zero attached hydrogens (tertiary/aromatic N) is 3. The maximum Gasteiger partial charge on any atom is 0.271 e. The molecular formula is C16H20N4O. The third-order valence-electron chi connectivity index (χ3n) is 3.40. The Balaban J connectivity index is 1.90. The van der Waals surface area contributed by atoms with Crippen molar-refractivity contribution in [1.82, 2.24) is 15.3 Å². The molecule has 21 heavy (non-hydrogen) atoms. The Labute approximate surface area is 125 Å². The van der Waals surface area contributed by atoms with E-state index in [1.165, 1.54) is 6.20 Å². The van der Waals surface area contributed by atoms with E-state index >= 15 is 0 Å². The van der Waals surface area contributed by atoms with Gasteiger partial charge in [-0.3, -0.25) is 9.78 Å². The lowest BCUT2D eigenvalue weighted by molar-refractivity contribution is 0.0946. The Morgan fingerprint density at radius 3 is 2.57 bits per heavy atom. The number of hydrogen-bond donors (Lipinski definition) is 1. The van der Waals surface area contributed by atoms with Gasteiger partial charge in [-0.2, -0.15) is 0 Å². The van der Waals surface area contributed by atoms with E-state index in [0.29, 0.717) is 12.2 Å². The van der Waals surface area contributed by atoms with Crippen LogP contribution >= 0.6 is 0 Å². The molecule has 0 aliphatic rings. The van der Waals surface area contributed by atoms with Crippen LogP contribution in [0.2, 0.25) is 0 Å². The molecule has 0 aliphatic carbocycles. The fourth-order valence-corrected chi connectivity index (χ4v) is 1.90. The second-order valence-electron chi connectivity index (χ2n) is 5.05. The number of para-hydroxylation sites is 1. The van der Waals surface area contributed by atoms with Crippen LogP contribution in [0.5, 0.6) is 0 Å². The lowest BCUT2D eigenvalue weighted by Crippen LogP contribution is -2.40. The topological polar surface area (TPSA) is 58.1 Å². The minimum Gasteiger partial charge on any atom is -0.370 e. The highest BCUT2D eigenvalue weighted by Crippen LogP contribution is 2.13. The average Bonchev–Trinajstić information content (AvgIpc) is 2.53. The maximum atomic E-state index is 12.0. The maximum absolute atomic E-state index is 12.0. The summed E-state index contributed by atoms with van der Waals surface area (Å²) in [4.78, 5) is 22.3. The molecule has 5 nitrogen and oxygen atoms in total. The van der Waals surface area contributed by atoms with Gasteiger partial charge < -0.3 is 10.2 Å². The van der Waals surface area contributed by atoms with Crippen LogP contribution in [0.15, 0.2) is 42.7 Å². The van der Waals surface area contributed by atoms with E-state index < -0.39 is 0 Å². The molecule has 1 aromatic carbocycles. The summed E-state index contributed by atoms with van der Waals surface area (Å²) in [6, 6.07) is 10.3. The van der Waals surface area contributed by atoms with Gasteiger partial charge in [0.05, 0.1) is 11.9 Å². The van der Waals surface area contributed by atoms with Crippen LogP contribution in [-0.2, 0) is 0 Å². The molecule has 1 N–H and O–H groups in total. The molecule has 0 radical (unpaired) electrons. The molecule has 0 saturated heterocycles. The second-order valence-corrected chi connectivity index (χ2v) is 5.05. The molecule has 0 bridgehead atoms. The first kappa shape index (κ1) is 15.0. The van der Waals surface area contributed by atoms with E-state index in [-0.39, 0.29) is 11.9 Å². The average molecular weight is 284 g/mol. The first-order valence-corrected chi connectivity index (χ1v) is 6.92. The zero-order valence-electron chi connectivity index (χ0n) is 12.6. The summed E-state index contributed by atoms with van der Waals surface area (Å²) in [5, 5.41) is 2.89. The molecule has 2 aromatic rings. The van der Waals surface area contributed by atoms with Gasteiger partial charge >= 0.3 is 0 Å². The van der Waals surface area contributed by atoms with Gasteiger partial charge in [0.15, 0.2) is 0 Å². The Bertz CT molecular complexity index is 583. The van der Waals surface area contributed by atoms with Crippen molar-refractivity contribution in [3.63, 3.8) is 0 Å². The minimum atomic E-state index is -0.198. The normalized spacial score (nSPS) is 11.8. The molecule has 1 amide bonds. The van der Waals surface area contributed by atoms with Crippen molar-refractivity contribution in [2.24, 2.45) is 0 Å². The predicted octanol–water partition coefficient (Wildman–Crippen LogP) is 2.04. The van der Waals surface area contributed by atoms with Crippen LogP contribution in [0, 0.1) is 6.92 Å². The lowest BCUT2D eigenvalue weighted by atomic mass is 10.2. The highest BCUT2D eigenvalue weighted by molar-refractivity contribution is 5.91. The number of benzene rings is 1. The number of likely N-dealkylation sites (N-methyl/N-ethyl adjacent to an activating group) is 1. The summed E-state index contributed by atoms with van der Waals surface area (Å²) in [5.41, 5.74) is 2.26. The van der Waals surface area contributed by atoms with Gasteiger partial charge in [0.1, 0.15) is 5.69 Å². The zero-order valence-corrected chi connectivity index (χ0v) is 12.6. The number of hydrogen-bond acceptors (Lipinski definition) is 4. The van der Waals surface area contributed by atoms with Crippen molar-refractivity contribution >= 4 is 11.6 Å². The van der Waals surface area contributed by atoms with Gasteiger partial charge in [0, 0.05) is 31.5 Å². The number of carbonyl (C=O) groups excluding carboxylic acids is 1. The summed E-state index contributed by atoms with van der Waals surface area (Å²) >= 11 is 0. The van der Waals surface area contributed by atoms with Crippen LogP contribution < -0.4 is 10.2 Å². The van der Waals surface area contributed by atoms with Crippen LogP contribution in [0.4, 0.5) is 5.69 Å². The smallest absolute Gasteiger partial charge is 0.271 e. The fraction of sp³-hybridized carbons (Fsp3) is 0.312. The Morgan fingerprint density at radius 2 is 1.95 bits per heavy atom. The standard InChI is InChI=1S/C16H20N4O/c1-12-9-18-15(11-17-12)16(21)19-10-13(2)20(3)14-7-5-4-6-8-14/h4-9,11,13H,10H2,1-3H3,(H,19,21). The third-order valence-corrected chi connectivity index (χ3v) is 3.40. The minimum absolute atomic E-state index is 0.176. The molecule has 1 aromatic heterocycles. The van der Waals surface area contributed by atoms with Gasteiger partial charge in [-0.25, -0.2) is 4.98 Å². The molecule has 1 unspecified atom stereocenters. The number of rotatable bonds is 5. The molecule has 1 heterocycles. The van der Waals surface area contributed by atoms with Crippen LogP contribution in [0.1, 0.15) is 23.1 Å². The number of aromatic nitrogens is 2. The Hall–Kier alpha value is -2.43. The summed E-state index contributed by atoms with van der Waals surface area (Å²) < 4.78 is 0. The van der Waals surface area contributed by atoms with E-state index in [4.69, 9.17) is 0 Å². The summed E-state index contributed by atoms with van der Waals surface area (Å²) in [6.45, 7) is 4.44. The van der Waals surface area contributed by atoms with Crippen molar-refractivity contribution < 1.29 is 4.79 Å². The second kappa shape index (κ2) is 6.83. The Kier molecular flexibility index (Phi) is 4.87. The highest BCUT2D eigenvalue weighted by Gasteiger charge is 2.13. The van der Waals surface area contributed by atoms with Crippen molar-refractivity contribution in [3.8, 4) is 0 Å². The summed E-state index contributed by atoms with van der Waals surface area (Å²) in [5.74, 6) is -0.198.